The van der Waals surface area contributed by atoms with E-state index in [2.05, 4.69) is 5.16 Å². The maximum Gasteiger partial charge on any atom is 0.214 e. The van der Waals surface area contributed by atoms with Gasteiger partial charge in [-0.2, -0.15) is 0 Å². The van der Waals surface area contributed by atoms with E-state index in [9.17, 15) is 4.79 Å². The normalized spacial score (nSPS) is 12.4. The van der Waals surface area contributed by atoms with E-state index in [4.69, 9.17) is 21.2 Å². The molecule has 0 radical (unpaired) electrons. The zero-order valence-corrected chi connectivity index (χ0v) is 10.5. The number of benzene rings is 1. The van der Waals surface area contributed by atoms with Crippen LogP contribution < -0.4 is 0 Å². The lowest BCUT2D eigenvalue weighted by atomic mass is 10.1. The van der Waals surface area contributed by atoms with Gasteiger partial charge in [0.2, 0.25) is 5.78 Å². The van der Waals surface area contributed by atoms with Crippen LogP contribution in [0, 0.1) is 0 Å². The highest BCUT2D eigenvalue weighted by Crippen LogP contribution is 2.18. The van der Waals surface area contributed by atoms with Gasteiger partial charge in [-0.1, -0.05) is 23.7 Å². The molecular weight excluding hydrogens is 254 g/mol. The van der Waals surface area contributed by atoms with Crippen LogP contribution in [0.4, 0.5) is 0 Å². The van der Waals surface area contributed by atoms with E-state index in [0.717, 1.165) is 0 Å². The minimum atomic E-state index is -0.230. The zero-order valence-electron chi connectivity index (χ0n) is 9.76. The zero-order chi connectivity index (χ0) is 13.1. The van der Waals surface area contributed by atoms with Gasteiger partial charge in [0, 0.05) is 22.6 Å². The van der Waals surface area contributed by atoms with Crippen molar-refractivity contribution in [2.45, 2.75) is 12.8 Å². The Balaban J connectivity index is 2.23. The van der Waals surface area contributed by atoms with Crippen LogP contribution in [-0.2, 0) is 0 Å². The van der Waals surface area contributed by atoms with Crippen LogP contribution in [0.3, 0.4) is 0 Å². The summed E-state index contributed by atoms with van der Waals surface area (Å²) in [6.45, 7) is 1.74. The fraction of sp³-hybridized carbons (Fsp3) is 0.231. The molecule has 0 amide bonds. The summed E-state index contributed by atoms with van der Waals surface area (Å²) in [6, 6.07) is 8.11. The number of halogens is 1. The molecule has 4 nitrogen and oxygen atoms in total. The quantitative estimate of drug-likeness (QED) is 0.863. The molecule has 18 heavy (non-hydrogen) atoms. The third-order valence-corrected chi connectivity index (χ3v) is 2.88. The average Bonchev–Trinajstić information content (AvgIpc) is 2.87. The van der Waals surface area contributed by atoms with Crippen molar-refractivity contribution in [1.82, 2.24) is 5.16 Å². The van der Waals surface area contributed by atoms with Gasteiger partial charge in [-0.25, -0.2) is 0 Å². The second-order valence-electron chi connectivity index (χ2n) is 4.03. The average molecular weight is 266 g/mol. The Kier molecular flexibility index (Phi) is 3.79. The molecule has 0 fully saturated rings. The minimum absolute atomic E-state index is 0.0518. The number of hydrogen-bond donors (Lipinski definition) is 1. The standard InChI is InChI=1S/C13H12ClNO3/c1-8(7-16)12-6-11(15-18-12)13(17)9-2-4-10(14)5-3-9/h2-6,8,16H,7H2,1H3. The van der Waals surface area contributed by atoms with Gasteiger partial charge >= 0.3 is 0 Å². The van der Waals surface area contributed by atoms with Gasteiger partial charge in [0.05, 0.1) is 6.61 Å². The van der Waals surface area contributed by atoms with Crippen LogP contribution in [0.5, 0.6) is 0 Å². The molecule has 1 aromatic heterocycles. The molecule has 0 spiro atoms. The highest BCUT2D eigenvalue weighted by Gasteiger charge is 2.17. The Morgan fingerprint density at radius 2 is 2.11 bits per heavy atom. The smallest absolute Gasteiger partial charge is 0.214 e. The first-order chi connectivity index (χ1) is 8.61. The van der Waals surface area contributed by atoms with Crippen molar-refractivity contribution < 1.29 is 14.4 Å². The Morgan fingerprint density at radius 3 is 2.72 bits per heavy atom. The topological polar surface area (TPSA) is 63.3 Å². The lowest BCUT2D eigenvalue weighted by Gasteiger charge is -1.99. The number of hydrogen-bond acceptors (Lipinski definition) is 4. The molecule has 1 N–H and O–H groups in total. The maximum absolute atomic E-state index is 12.1. The van der Waals surface area contributed by atoms with E-state index in [0.29, 0.717) is 16.3 Å². The number of aliphatic hydroxyl groups excluding tert-OH is 1. The van der Waals surface area contributed by atoms with E-state index in [1.807, 2.05) is 0 Å². The van der Waals surface area contributed by atoms with Gasteiger partial charge in [0.15, 0.2) is 5.69 Å². The van der Waals surface area contributed by atoms with Gasteiger partial charge in [0.25, 0.3) is 0 Å². The van der Waals surface area contributed by atoms with Crippen molar-refractivity contribution in [2.24, 2.45) is 0 Å². The van der Waals surface area contributed by atoms with E-state index < -0.39 is 0 Å². The molecule has 1 heterocycles. The first-order valence-corrected chi connectivity index (χ1v) is 5.87. The predicted octanol–water partition coefficient (Wildman–Crippen LogP) is 2.65. The summed E-state index contributed by atoms with van der Waals surface area (Å²) in [6.07, 6.45) is 0. The van der Waals surface area contributed by atoms with Crippen LogP contribution in [0.15, 0.2) is 34.9 Å². The minimum Gasteiger partial charge on any atom is -0.396 e. The molecule has 0 saturated heterocycles. The van der Waals surface area contributed by atoms with Crippen molar-refractivity contribution in [2.75, 3.05) is 6.61 Å². The number of ketones is 1. The van der Waals surface area contributed by atoms with Gasteiger partial charge in [-0.15, -0.1) is 0 Å². The molecule has 1 unspecified atom stereocenters. The highest BCUT2D eigenvalue weighted by atomic mass is 35.5. The summed E-state index contributed by atoms with van der Waals surface area (Å²) < 4.78 is 5.03. The fourth-order valence-electron chi connectivity index (χ4n) is 1.47. The summed E-state index contributed by atoms with van der Waals surface area (Å²) in [4.78, 5) is 12.1. The van der Waals surface area contributed by atoms with Crippen LogP contribution in [0.2, 0.25) is 5.02 Å². The number of carbonyl (C=O) groups excluding carboxylic acids is 1. The van der Waals surface area contributed by atoms with Crippen molar-refractivity contribution in [3.8, 4) is 0 Å². The predicted molar refractivity (Wildman–Crippen MR) is 66.9 cm³/mol. The molecule has 0 aliphatic rings. The van der Waals surface area contributed by atoms with E-state index in [1.165, 1.54) is 0 Å². The van der Waals surface area contributed by atoms with Gasteiger partial charge in [0.1, 0.15) is 5.76 Å². The largest absolute Gasteiger partial charge is 0.396 e. The van der Waals surface area contributed by atoms with Gasteiger partial charge in [-0.05, 0) is 24.3 Å². The SMILES string of the molecule is CC(CO)c1cc(C(=O)c2ccc(Cl)cc2)no1. The lowest BCUT2D eigenvalue weighted by molar-refractivity contribution is 0.103. The van der Waals surface area contributed by atoms with Crippen molar-refractivity contribution in [3.63, 3.8) is 0 Å². The van der Waals surface area contributed by atoms with Crippen molar-refractivity contribution in [1.29, 1.82) is 0 Å². The molecule has 1 atom stereocenters. The summed E-state index contributed by atoms with van der Waals surface area (Å²) in [5.41, 5.74) is 0.725. The number of rotatable bonds is 4. The molecule has 2 rings (SSSR count). The number of aliphatic hydroxyl groups is 1. The molecular formula is C13H12ClNO3. The molecule has 0 aliphatic heterocycles. The van der Waals surface area contributed by atoms with E-state index in [1.54, 1.807) is 37.3 Å². The van der Waals surface area contributed by atoms with Crippen molar-refractivity contribution >= 4 is 17.4 Å². The van der Waals surface area contributed by atoms with Crippen LogP contribution >= 0.6 is 11.6 Å². The monoisotopic (exact) mass is 265 g/mol. The van der Waals surface area contributed by atoms with Crippen molar-refractivity contribution in [3.05, 3.63) is 52.4 Å². The van der Waals surface area contributed by atoms with Crippen LogP contribution in [0.25, 0.3) is 0 Å². The molecule has 1 aromatic carbocycles. The molecule has 0 bridgehead atoms. The Bertz CT molecular complexity index is 548. The van der Waals surface area contributed by atoms with Gasteiger partial charge < -0.3 is 9.63 Å². The second-order valence-corrected chi connectivity index (χ2v) is 4.47. The van der Waals surface area contributed by atoms with Crippen LogP contribution in [0.1, 0.15) is 34.7 Å². The summed E-state index contributed by atoms with van der Waals surface area (Å²) in [5, 5.41) is 13.3. The summed E-state index contributed by atoms with van der Waals surface area (Å²) in [5.74, 6) is 0.0888. The Labute approximate surface area is 109 Å². The maximum atomic E-state index is 12.1. The second kappa shape index (κ2) is 5.33. The van der Waals surface area contributed by atoms with E-state index in [-0.39, 0.29) is 24.0 Å². The first kappa shape index (κ1) is 12.8. The molecule has 0 aliphatic carbocycles. The fourth-order valence-corrected chi connectivity index (χ4v) is 1.59. The van der Waals surface area contributed by atoms with Crippen LogP contribution in [-0.4, -0.2) is 22.7 Å². The highest BCUT2D eigenvalue weighted by molar-refractivity contribution is 6.30. The third kappa shape index (κ3) is 2.60. The number of carbonyl (C=O) groups is 1. The Morgan fingerprint density at radius 1 is 1.44 bits per heavy atom. The van der Waals surface area contributed by atoms with E-state index >= 15 is 0 Å². The number of nitrogens with zero attached hydrogens (tertiary/aromatic N) is 1. The lowest BCUT2D eigenvalue weighted by Crippen LogP contribution is -2.01. The summed E-state index contributed by atoms with van der Waals surface area (Å²) >= 11 is 5.75. The first-order valence-electron chi connectivity index (χ1n) is 5.49. The summed E-state index contributed by atoms with van der Waals surface area (Å²) in [7, 11) is 0. The molecule has 0 saturated carbocycles. The Hall–Kier alpha value is -1.65. The molecule has 94 valence electrons. The molecule has 5 heteroatoms. The third-order valence-electron chi connectivity index (χ3n) is 2.63. The number of aromatic nitrogens is 1. The van der Waals surface area contributed by atoms with Gasteiger partial charge in [-0.3, -0.25) is 4.79 Å². The molecule has 2 aromatic rings.